The maximum Gasteiger partial charge on any atom is 0.391 e. The normalized spacial score (nSPS) is 19.9. The van der Waals surface area contributed by atoms with Crippen LogP contribution in [0, 0.1) is 12.8 Å². The van der Waals surface area contributed by atoms with Crippen LogP contribution in [0.5, 0.6) is 0 Å². The summed E-state index contributed by atoms with van der Waals surface area (Å²) in [5.41, 5.74) is 4.06. The molecule has 11 nitrogen and oxygen atoms in total. The summed E-state index contributed by atoms with van der Waals surface area (Å²) in [6.07, 6.45) is -0.956. The molecule has 0 atom stereocenters. The number of alkyl halides is 3. The molecule has 0 bridgehead atoms. The predicted octanol–water partition coefficient (Wildman–Crippen LogP) is 3.18. The molecule has 0 radical (unpaired) electrons. The molecule has 1 amide bonds. The van der Waals surface area contributed by atoms with Gasteiger partial charge in [0.25, 0.3) is 5.91 Å². The number of piperazine rings is 1. The average Bonchev–Trinajstić information content (AvgIpc) is 3.56. The van der Waals surface area contributed by atoms with Gasteiger partial charge in [0.15, 0.2) is 0 Å². The van der Waals surface area contributed by atoms with Crippen molar-refractivity contribution in [1.29, 1.82) is 0 Å². The Labute approximate surface area is 233 Å². The van der Waals surface area contributed by atoms with Crippen molar-refractivity contribution < 1.29 is 23.1 Å². The third-order valence-electron chi connectivity index (χ3n) is 7.98. The second-order valence-electron chi connectivity index (χ2n) is 10.6. The maximum atomic E-state index is 13.4. The lowest BCUT2D eigenvalue weighted by atomic mass is 9.80. The van der Waals surface area contributed by atoms with Gasteiger partial charge in [0.2, 0.25) is 5.82 Å². The Hall–Kier alpha value is -4.04. The number of aliphatic hydroxyl groups is 1. The Bertz CT molecular complexity index is 1550. The first-order chi connectivity index (χ1) is 19.7. The van der Waals surface area contributed by atoms with E-state index in [2.05, 4.69) is 35.6 Å². The van der Waals surface area contributed by atoms with Gasteiger partial charge in [0, 0.05) is 55.9 Å². The number of aromatic nitrogens is 6. The summed E-state index contributed by atoms with van der Waals surface area (Å²) in [5, 5.41) is 28.8. The Balaban J connectivity index is 1.17. The van der Waals surface area contributed by atoms with Crippen LogP contribution in [0.3, 0.4) is 0 Å². The van der Waals surface area contributed by atoms with E-state index in [1.165, 1.54) is 11.0 Å². The number of hydrogen-bond acceptors (Lipinski definition) is 8. The van der Waals surface area contributed by atoms with Crippen LogP contribution in [0.25, 0.3) is 16.9 Å². The topological polar surface area (TPSA) is 117 Å². The van der Waals surface area contributed by atoms with Gasteiger partial charge in [-0.1, -0.05) is 12.1 Å². The number of nitrogens with zero attached hydrogens (tertiary/aromatic N) is 8. The minimum absolute atomic E-state index is 0.0597. The third-order valence-corrected chi connectivity index (χ3v) is 7.98. The van der Waals surface area contributed by atoms with Crippen molar-refractivity contribution >= 4 is 22.8 Å². The van der Waals surface area contributed by atoms with E-state index in [9.17, 15) is 23.1 Å². The zero-order chi connectivity index (χ0) is 28.7. The number of β-amino-alcohol motifs (C(OH)–C–C–N with tert-alkyl or cyclic N) is 1. The largest absolute Gasteiger partial charge is 0.395 e. The number of halogens is 3. The van der Waals surface area contributed by atoms with Crippen LogP contribution in [0.4, 0.5) is 24.5 Å². The number of pyridine rings is 1. The van der Waals surface area contributed by atoms with Crippen molar-refractivity contribution in [2.45, 2.75) is 32.0 Å². The summed E-state index contributed by atoms with van der Waals surface area (Å²) in [5.74, 6) is -1.38. The highest BCUT2D eigenvalue weighted by atomic mass is 19.4. The van der Waals surface area contributed by atoms with Gasteiger partial charge in [-0.25, -0.2) is 4.52 Å². The molecular formula is C27H30F3N9O2. The Kier molecular flexibility index (Phi) is 7.11. The Morgan fingerprint density at radius 2 is 1.90 bits per heavy atom. The van der Waals surface area contributed by atoms with Crippen molar-refractivity contribution in [2.24, 2.45) is 5.92 Å². The molecule has 4 heterocycles. The Morgan fingerprint density at radius 3 is 2.63 bits per heavy atom. The highest BCUT2D eigenvalue weighted by Crippen LogP contribution is 2.46. The first-order valence-electron chi connectivity index (χ1n) is 13.5. The smallest absolute Gasteiger partial charge is 0.391 e. The number of nitrogens with one attached hydrogen (secondary N) is 1. The van der Waals surface area contributed by atoms with E-state index in [-0.39, 0.29) is 31.2 Å². The van der Waals surface area contributed by atoms with E-state index in [4.69, 9.17) is 0 Å². The summed E-state index contributed by atoms with van der Waals surface area (Å²) in [6, 6.07) is 8.84. The first kappa shape index (κ1) is 27.1. The summed E-state index contributed by atoms with van der Waals surface area (Å²) in [4.78, 5) is 19.1. The zero-order valence-corrected chi connectivity index (χ0v) is 22.4. The lowest BCUT2D eigenvalue weighted by Gasteiger charge is -2.35. The summed E-state index contributed by atoms with van der Waals surface area (Å²) >= 11 is 0. The van der Waals surface area contributed by atoms with Gasteiger partial charge in [-0.15, -0.1) is 10.2 Å². The number of carbonyl (C=O) groups is 1. The number of amides is 1. The number of hydrogen-bond donors (Lipinski definition) is 2. The molecule has 0 unspecified atom stereocenters. The van der Waals surface area contributed by atoms with Gasteiger partial charge in [-0.2, -0.15) is 23.1 Å². The van der Waals surface area contributed by atoms with Gasteiger partial charge < -0.3 is 15.3 Å². The Morgan fingerprint density at radius 1 is 1.12 bits per heavy atom. The molecule has 4 aromatic rings. The van der Waals surface area contributed by atoms with E-state index in [0.29, 0.717) is 28.9 Å². The molecule has 1 saturated carbocycles. The van der Waals surface area contributed by atoms with E-state index < -0.39 is 18.1 Å². The molecule has 0 spiro atoms. The molecule has 1 aliphatic carbocycles. The number of benzene rings is 1. The van der Waals surface area contributed by atoms with Crippen molar-refractivity contribution in [3.8, 4) is 11.4 Å². The molecule has 2 fully saturated rings. The number of fused-ring (bicyclic) bond motifs is 1. The van der Waals surface area contributed by atoms with Crippen LogP contribution < -0.4 is 10.2 Å². The molecule has 216 valence electrons. The van der Waals surface area contributed by atoms with E-state index in [0.717, 1.165) is 37.4 Å². The monoisotopic (exact) mass is 569 g/mol. The quantitative estimate of drug-likeness (QED) is 0.349. The third kappa shape index (κ3) is 5.48. The number of carbonyl (C=O) groups excluding carboxylic acids is 1. The van der Waals surface area contributed by atoms with Crippen LogP contribution in [0.15, 0.2) is 42.7 Å². The molecule has 41 heavy (non-hydrogen) atoms. The van der Waals surface area contributed by atoms with E-state index in [1.807, 2.05) is 31.3 Å². The van der Waals surface area contributed by atoms with Crippen LogP contribution >= 0.6 is 0 Å². The molecular weight excluding hydrogens is 539 g/mol. The molecule has 1 aliphatic heterocycles. The van der Waals surface area contributed by atoms with Gasteiger partial charge in [-0.3, -0.25) is 9.69 Å². The van der Waals surface area contributed by atoms with Crippen LogP contribution in [-0.2, 0) is 0 Å². The van der Waals surface area contributed by atoms with Crippen molar-refractivity contribution in [3.05, 3.63) is 53.9 Å². The number of aliphatic hydroxyl groups excluding tert-OH is 1. The van der Waals surface area contributed by atoms with Crippen molar-refractivity contribution in [3.63, 3.8) is 0 Å². The van der Waals surface area contributed by atoms with Crippen LogP contribution in [-0.4, -0.2) is 91.2 Å². The molecule has 2 aliphatic rings. The standard InChI is InChI=1S/C27H30F3N9O2/c1-17-2-3-18(25-33-35-39(34-25)21-13-19(14-21)27(28,29)30)12-23(17)32-26(41)22-16-31-38-5-4-20(15-24(22)38)37-8-6-36(7-9-37)10-11-40/h2-5,12,15-16,19,21,40H,6-11,13-14H2,1H3,(H,32,41)/t19-,21+. The first-order valence-corrected chi connectivity index (χ1v) is 13.5. The second kappa shape index (κ2) is 10.7. The molecule has 14 heteroatoms. The second-order valence-corrected chi connectivity index (χ2v) is 10.6. The van der Waals surface area contributed by atoms with Gasteiger partial charge in [0.1, 0.15) is 0 Å². The maximum absolute atomic E-state index is 13.4. The van der Waals surface area contributed by atoms with Crippen molar-refractivity contribution in [2.75, 3.05) is 49.5 Å². The SMILES string of the molecule is Cc1ccc(-c2nnn([C@H]3C[C@@H](C(F)(F)F)C3)n2)cc1NC(=O)c1cnn2ccc(N3CCN(CCO)CC3)cc12. The summed E-state index contributed by atoms with van der Waals surface area (Å²) in [6.45, 7) is 6.01. The lowest BCUT2D eigenvalue weighted by Crippen LogP contribution is -2.47. The minimum atomic E-state index is -4.21. The average molecular weight is 570 g/mol. The molecule has 6 rings (SSSR count). The molecule has 1 aromatic carbocycles. The number of anilines is 2. The van der Waals surface area contributed by atoms with Gasteiger partial charge >= 0.3 is 6.18 Å². The zero-order valence-electron chi connectivity index (χ0n) is 22.4. The van der Waals surface area contributed by atoms with Crippen LogP contribution in [0.1, 0.15) is 34.8 Å². The highest BCUT2D eigenvalue weighted by molar-refractivity contribution is 6.09. The molecule has 3 aromatic heterocycles. The van der Waals surface area contributed by atoms with Gasteiger partial charge in [0.05, 0.1) is 35.8 Å². The number of rotatable bonds is 7. The van der Waals surface area contributed by atoms with E-state index in [1.54, 1.807) is 16.6 Å². The molecule has 1 saturated heterocycles. The van der Waals surface area contributed by atoms with Gasteiger partial charge in [-0.05, 0) is 48.7 Å². The van der Waals surface area contributed by atoms with Crippen LogP contribution in [0.2, 0.25) is 0 Å². The fourth-order valence-corrected chi connectivity index (χ4v) is 5.34. The minimum Gasteiger partial charge on any atom is -0.395 e. The fourth-order valence-electron chi connectivity index (χ4n) is 5.34. The van der Waals surface area contributed by atoms with Crippen molar-refractivity contribution in [1.82, 2.24) is 34.7 Å². The lowest BCUT2D eigenvalue weighted by molar-refractivity contribution is -0.203. The predicted molar refractivity (Wildman–Crippen MR) is 145 cm³/mol. The summed E-state index contributed by atoms with van der Waals surface area (Å²) < 4.78 is 40.2. The number of tetrazole rings is 1. The fraction of sp³-hybridized carbons (Fsp3) is 0.444. The van der Waals surface area contributed by atoms with E-state index >= 15 is 0 Å². The molecule has 2 N–H and O–H groups in total. The number of aryl methyl sites for hydroxylation is 1. The summed E-state index contributed by atoms with van der Waals surface area (Å²) in [7, 11) is 0. The highest BCUT2D eigenvalue weighted by Gasteiger charge is 2.49.